The fraction of sp³-hybridized carbons (Fsp3) is 0.615. The second-order valence-electron chi connectivity index (χ2n) is 6.24. The summed E-state index contributed by atoms with van der Waals surface area (Å²) in [6.07, 6.45) is 2.78. The summed E-state index contributed by atoms with van der Waals surface area (Å²) in [6.45, 7) is -0.897. The summed E-state index contributed by atoms with van der Waals surface area (Å²) in [5.74, 6) is 0.627. The van der Waals surface area contributed by atoms with Gasteiger partial charge in [-0.05, 0) is 12.8 Å². The molecule has 6 N–H and O–H groups in total. The molecule has 29 heavy (non-hydrogen) atoms. The predicted molar refractivity (Wildman–Crippen MR) is 101 cm³/mol. The SMILES string of the molecule is Nc1nc(NC2CC2)c2ncn(CCOCP(=O)(O)OP(=O)(O)OCCO)c2n1. The Bertz CT molecular complexity index is 951. The molecule has 14 nitrogen and oxygen atoms in total. The minimum absolute atomic E-state index is 0.0398. The Morgan fingerprint density at radius 2 is 2.03 bits per heavy atom. The van der Waals surface area contributed by atoms with E-state index in [-0.39, 0.29) is 19.1 Å². The predicted octanol–water partition coefficient (Wildman–Crippen LogP) is 0.268. The van der Waals surface area contributed by atoms with Crippen molar-refractivity contribution in [2.45, 2.75) is 25.4 Å². The Hall–Kier alpha value is -1.63. The van der Waals surface area contributed by atoms with Gasteiger partial charge in [0.25, 0.3) is 0 Å². The number of imidazole rings is 1. The van der Waals surface area contributed by atoms with Crippen LogP contribution in [-0.2, 0) is 29.2 Å². The van der Waals surface area contributed by atoms with Crippen LogP contribution in [0.1, 0.15) is 12.8 Å². The first-order valence-electron chi connectivity index (χ1n) is 8.63. The Morgan fingerprint density at radius 1 is 1.28 bits per heavy atom. The highest BCUT2D eigenvalue weighted by Crippen LogP contribution is 2.59. The molecule has 1 fully saturated rings. The Balaban J connectivity index is 1.55. The van der Waals surface area contributed by atoms with E-state index in [0.29, 0.717) is 23.0 Å². The van der Waals surface area contributed by atoms with Crippen LogP contribution >= 0.6 is 15.4 Å². The van der Waals surface area contributed by atoms with Crippen molar-refractivity contribution in [3.63, 3.8) is 0 Å². The second kappa shape index (κ2) is 9.02. The fourth-order valence-corrected chi connectivity index (χ4v) is 4.69. The smallest absolute Gasteiger partial charge is 0.394 e. The van der Waals surface area contributed by atoms with E-state index < -0.39 is 35.0 Å². The Morgan fingerprint density at radius 3 is 2.72 bits per heavy atom. The molecule has 2 heterocycles. The summed E-state index contributed by atoms with van der Waals surface area (Å²) in [6, 6.07) is 0.350. The number of fused-ring (bicyclic) bond motifs is 1. The van der Waals surface area contributed by atoms with Gasteiger partial charge in [-0.3, -0.25) is 9.09 Å². The second-order valence-corrected chi connectivity index (χ2v) is 9.62. The minimum atomic E-state index is -4.78. The molecule has 1 aliphatic carbocycles. The largest absolute Gasteiger partial charge is 0.479 e. The summed E-state index contributed by atoms with van der Waals surface area (Å²) < 4.78 is 38.5. The van der Waals surface area contributed by atoms with Crippen LogP contribution < -0.4 is 11.1 Å². The van der Waals surface area contributed by atoms with Crippen LogP contribution in [0.5, 0.6) is 0 Å². The van der Waals surface area contributed by atoms with E-state index in [2.05, 4.69) is 29.1 Å². The lowest BCUT2D eigenvalue weighted by molar-refractivity contribution is 0.132. The minimum Gasteiger partial charge on any atom is -0.394 e. The standard InChI is InChI=1S/C13H22N6O8P2/c14-13-17-11(16-9-1-2-9)10-12(18-13)19(7-15-10)3-5-25-8-28(21,22)27-29(23,24)26-6-4-20/h7,9,20H,1-6,8H2,(H,21,22)(H,23,24)(H3,14,16,17,18). The van der Waals surface area contributed by atoms with Crippen LogP contribution in [0.25, 0.3) is 11.2 Å². The highest BCUT2D eigenvalue weighted by atomic mass is 31.3. The number of ether oxygens (including phenoxy) is 1. The summed E-state index contributed by atoms with van der Waals surface area (Å²) in [5.41, 5.74) is 6.78. The number of aliphatic hydroxyl groups excluding tert-OH is 1. The highest BCUT2D eigenvalue weighted by molar-refractivity contribution is 7.63. The number of rotatable bonds is 12. The number of hydrogen-bond acceptors (Lipinski definition) is 11. The third-order valence-corrected chi connectivity index (χ3v) is 6.57. The van der Waals surface area contributed by atoms with Gasteiger partial charge in [0.05, 0.1) is 26.1 Å². The number of nitrogens with one attached hydrogen (secondary N) is 1. The lowest BCUT2D eigenvalue weighted by Crippen LogP contribution is -2.10. The maximum atomic E-state index is 11.8. The van der Waals surface area contributed by atoms with E-state index in [1.807, 2.05) is 0 Å². The summed E-state index contributed by atoms with van der Waals surface area (Å²) in [7, 11) is -9.34. The number of nitrogens with zero attached hydrogens (tertiary/aromatic N) is 4. The zero-order valence-electron chi connectivity index (χ0n) is 15.2. The third-order valence-electron chi connectivity index (χ3n) is 3.71. The molecule has 16 heteroatoms. The molecule has 0 radical (unpaired) electrons. The van der Waals surface area contributed by atoms with Crippen LogP contribution in [0.2, 0.25) is 0 Å². The van der Waals surface area contributed by atoms with Crippen molar-refractivity contribution < 1.29 is 37.6 Å². The molecule has 1 saturated carbocycles. The molecule has 0 bridgehead atoms. The van der Waals surface area contributed by atoms with E-state index in [9.17, 15) is 18.9 Å². The number of phosphoric ester groups is 1. The third kappa shape index (κ3) is 6.43. The Kier molecular flexibility index (Phi) is 6.87. The van der Waals surface area contributed by atoms with Crippen molar-refractivity contribution in [1.29, 1.82) is 0 Å². The average molecular weight is 452 g/mol. The molecule has 2 aromatic rings. The maximum absolute atomic E-state index is 11.8. The van der Waals surface area contributed by atoms with Gasteiger partial charge in [0.1, 0.15) is 6.35 Å². The van der Waals surface area contributed by atoms with Gasteiger partial charge >= 0.3 is 15.4 Å². The average Bonchev–Trinajstić information content (AvgIpc) is 3.34. The van der Waals surface area contributed by atoms with E-state index in [0.717, 1.165) is 12.8 Å². The molecule has 1 aliphatic rings. The van der Waals surface area contributed by atoms with Crippen LogP contribution in [-0.4, -0.2) is 66.6 Å². The van der Waals surface area contributed by atoms with Crippen molar-refractivity contribution >= 4 is 38.3 Å². The van der Waals surface area contributed by atoms with Crippen molar-refractivity contribution in [1.82, 2.24) is 19.5 Å². The number of anilines is 2. The molecule has 0 aliphatic heterocycles. The zero-order chi connectivity index (χ0) is 21.1. The first kappa shape index (κ1) is 22.1. The van der Waals surface area contributed by atoms with Crippen LogP contribution in [0.3, 0.4) is 0 Å². The van der Waals surface area contributed by atoms with E-state index in [1.165, 1.54) is 6.33 Å². The number of aliphatic hydroxyl groups is 1. The maximum Gasteiger partial charge on any atom is 0.479 e. The number of nitrogen functional groups attached to an aromatic ring is 1. The van der Waals surface area contributed by atoms with Crippen LogP contribution in [0.15, 0.2) is 6.33 Å². The van der Waals surface area contributed by atoms with Crippen molar-refractivity contribution in [3.8, 4) is 0 Å². The van der Waals surface area contributed by atoms with Gasteiger partial charge in [-0.15, -0.1) is 0 Å². The summed E-state index contributed by atoms with van der Waals surface area (Å²) in [4.78, 5) is 31.5. The molecule has 162 valence electrons. The van der Waals surface area contributed by atoms with Crippen molar-refractivity contribution in [2.24, 2.45) is 0 Å². The molecular weight excluding hydrogens is 430 g/mol. The van der Waals surface area contributed by atoms with E-state index in [4.69, 9.17) is 15.6 Å². The van der Waals surface area contributed by atoms with Crippen molar-refractivity contribution in [2.75, 3.05) is 37.2 Å². The van der Waals surface area contributed by atoms with E-state index >= 15 is 0 Å². The number of hydrogen-bond donors (Lipinski definition) is 5. The fourth-order valence-electron chi connectivity index (χ4n) is 2.35. The molecule has 0 spiro atoms. The van der Waals surface area contributed by atoms with Gasteiger partial charge in [-0.1, -0.05) is 0 Å². The zero-order valence-corrected chi connectivity index (χ0v) is 17.0. The van der Waals surface area contributed by atoms with Gasteiger partial charge < -0.3 is 35.2 Å². The summed E-state index contributed by atoms with van der Waals surface area (Å²) >= 11 is 0. The monoisotopic (exact) mass is 452 g/mol. The normalized spacial score (nSPS) is 18.4. The van der Waals surface area contributed by atoms with Gasteiger partial charge in [-0.25, -0.2) is 13.9 Å². The van der Waals surface area contributed by atoms with Crippen LogP contribution in [0, 0.1) is 0 Å². The Labute approximate surface area is 165 Å². The van der Waals surface area contributed by atoms with E-state index in [1.54, 1.807) is 4.57 Å². The van der Waals surface area contributed by atoms with Gasteiger partial charge in [0.2, 0.25) is 5.95 Å². The van der Waals surface area contributed by atoms with Crippen LogP contribution in [0.4, 0.5) is 11.8 Å². The molecule has 0 amide bonds. The number of nitrogens with two attached hydrogens (primary N) is 1. The topological polar surface area (TPSA) is 204 Å². The molecule has 2 atom stereocenters. The molecule has 2 aromatic heterocycles. The number of aromatic nitrogens is 4. The van der Waals surface area contributed by atoms with Gasteiger partial charge in [-0.2, -0.15) is 9.97 Å². The molecular formula is C13H22N6O8P2. The molecule has 3 rings (SSSR count). The van der Waals surface area contributed by atoms with Gasteiger partial charge in [0, 0.05) is 12.6 Å². The van der Waals surface area contributed by atoms with Crippen molar-refractivity contribution in [3.05, 3.63) is 6.33 Å². The number of phosphoric acid groups is 1. The highest BCUT2D eigenvalue weighted by Gasteiger charge is 2.33. The molecule has 0 saturated heterocycles. The lowest BCUT2D eigenvalue weighted by atomic mass is 10.4. The first-order chi connectivity index (χ1) is 13.7. The molecule has 2 unspecified atom stereocenters. The quantitative estimate of drug-likeness (QED) is 0.217. The first-order valence-corrected chi connectivity index (χ1v) is 11.9. The lowest BCUT2D eigenvalue weighted by Gasteiger charge is -2.16. The molecule has 0 aromatic carbocycles. The summed E-state index contributed by atoms with van der Waals surface area (Å²) in [5, 5.41) is 11.8. The van der Waals surface area contributed by atoms with Gasteiger partial charge in [0.15, 0.2) is 17.0 Å².